The third-order valence-electron chi connectivity index (χ3n) is 12.9. The lowest BCUT2D eigenvalue weighted by atomic mass is 9.72. The highest BCUT2D eigenvalue weighted by atomic mass is 35.5. The van der Waals surface area contributed by atoms with Gasteiger partial charge in [0.2, 0.25) is 0 Å². The van der Waals surface area contributed by atoms with Crippen LogP contribution in [0.2, 0.25) is 5.02 Å². The van der Waals surface area contributed by atoms with Gasteiger partial charge in [-0.15, -0.1) is 0 Å². The first kappa shape index (κ1) is 43.8. The van der Waals surface area contributed by atoms with Crippen LogP contribution in [0.3, 0.4) is 0 Å². The van der Waals surface area contributed by atoms with Crippen LogP contribution in [-0.2, 0) is 21.3 Å². The smallest absolute Gasteiger partial charge is 0.293 e. The van der Waals surface area contributed by atoms with Gasteiger partial charge in [0.05, 0.1) is 34.6 Å². The molecule has 1 saturated carbocycles. The van der Waals surface area contributed by atoms with Crippen molar-refractivity contribution in [3.05, 3.63) is 116 Å². The van der Waals surface area contributed by atoms with Crippen molar-refractivity contribution in [2.75, 3.05) is 69.2 Å². The molecular weight excluding hydrogens is 856 g/mol. The molecule has 336 valence electrons. The van der Waals surface area contributed by atoms with E-state index >= 15 is 0 Å². The zero-order chi connectivity index (χ0) is 44.6. The summed E-state index contributed by atoms with van der Waals surface area (Å²) >= 11 is 6.25. The Balaban J connectivity index is 0.917. The molecule has 4 aromatic rings. The van der Waals surface area contributed by atoms with Crippen LogP contribution < -0.4 is 19.7 Å². The second-order valence-corrected chi connectivity index (χ2v) is 20.2. The summed E-state index contributed by atoms with van der Waals surface area (Å²) in [7, 11) is -4.58. The van der Waals surface area contributed by atoms with Crippen LogP contribution in [0.4, 0.5) is 22.7 Å². The number of fused-ring (bicyclic) bond motifs is 1. The van der Waals surface area contributed by atoms with Crippen LogP contribution in [-0.4, -0.2) is 100 Å². The molecule has 0 aromatic heterocycles. The van der Waals surface area contributed by atoms with Crippen LogP contribution in [0.5, 0.6) is 11.5 Å². The molecule has 5 aliphatic rings. The summed E-state index contributed by atoms with van der Waals surface area (Å²) in [5.74, 6) is -0.461. The predicted octanol–water partition coefficient (Wildman–Crippen LogP) is 8.82. The minimum absolute atomic E-state index is 0.0408. The number of carbonyl (C=O) groups is 1. The third-order valence-corrected chi connectivity index (χ3v) is 14.5. The summed E-state index contributed by atoms with van der Waals surface area (Å²) in [5.41, 5.74) is 6.21. The fourth-order valence-corrected chi connectivity index (χ4v) is 10.3. The van der Waals surface area contributed by atoms with Crippen molar-refractivity contribution in [2.24, 2.45) is 15.6 Å². The number of ether oxygens (including phenoxy) is 2. The lowest BCUT2D eigenvalue weighted by molar-refractivity contribution is -0.384. The number of nitro groups is 1. The molecule has 3 fully saturated rings. The van der Waals surface area contributed by atoms with E-state index in [4.69, 9.17) is 21.1 Å². The van der Waals surface area contributed by atoms with Crippen molar-refractivity contribution in [3.8, 4) is 11.5 Å². The van der Waals surface area contributed by atoms with E-state index in [-0.39, 0.29) is 28.5 Å². The Kier molecular flexibility index (Phi) is 12.5. The van der Waals surface area contributed by atoms with Crippen molar-refractivity contribution in [1.29, 1.82) is 0 Å². The fraction of sp³-hybridized carbons (Fsp3) is 0.426. The molecule has 3 aliphatic heterocycles. The van der Waals surface area contributed by atoms with Gasteiger partial charge in [-0.1, -0.05) is 55.3 Å². The number of nitro benzene ring substituents is 1. The minimum Gasteiger partial charge on any atom is -0.454 e. The van der Waals surface area contributed by atoms with Crippen LogP contribution in [0, 0.1) is 15.5 Å². The van der Waals surface area contributed by atoms with E-state index in [2.05, 4.69) is 60.9 Å². The Labute approximate surface area is 378 Å². The zero-order valence-corrected chi connectivity index (χ0v) is 37.7. The molecule has 4 aromatic carbocycles. The van der Waals surface area contributed by atoms with Crippen molar-refractivity contribution < 1.29 is 27.6 Å². The van der Waals surface area contributed by atoms with Gasteiger partial charge >= 0.3 is 0 Å². The fourth-order valence-electron chi connectivity index (χ4n) is 9.15. The minimum atomic E-state index is -4.58. The number of carbonyl (C=O) groups excluding carboxylic acids is 1. The number of azo groups is 1. The number of halogens is 1. The number of hydrogen-bond acceptors (Lipinski definition) is 13. The summed E-state index contributed by atoms with van der Waals surface area (Å²) in [6.07, 6.45) is 5.36. The number of morpholine rings is 1. The molecule has 2 N–H and O–H groups in total. The number of allylic oxidation sites excluding steroid dienone is 1. The summed E-state index contributed by atoms with van der Waals surface area (Å²) in [4.78, 5) is 32.2. The highest BCUT2D eigenvalue weighted by Gasteiger charge is 2.34. The van der Waals surface area contributed by atoms with E-state index in [1.807, 2.05) is 24.3 Å². The van der Waals surface area contributed by atoms with Gasteiger partial charge in [-0.05, 0) is 91.1 Å². The van der Waals surface area contributed by atoms with Gasteiger partial charge in [0.1, 0.15) is 17.1 Å². The van der Waals surface area contributed by atoms with Crippen LogP contribution in [0.25, 0.3) is 5.57 Å². The summed E-state index contributed by atoms with van der Waals surface area (Å²) in [6.45, 7) is 11.5. The number of sulfonamides is 1. The molecule has 0 radical (unpaired) electrons. The Morgan fingerprint density at radius 3 is 2.56 bits per heavy atom. The number of amides is 1. The van der Waals surface area contributed by atoms with Gasteiger partial charge in [-0.3, -0.25) is 24.7 Å². The molecule has 1 atom stereocenters. The number of benzene rings is 4. The molecule has 0 spiro atoms. The molecule has 0 unspecified atom stereocenters. The van der Waals surface area contributed by atoms with Gasteiger partial charge in [0.25, 0.3) is 21.6 Å². The molecule has 17 heteroatoms. The first-order chi connectivity index (χ1) is 30.8. The topological polar surface area (TPSA) is 171 Å². The Morgan fingerprint density at radius 2 is 1.80 bits per heavy atom. The number of nitrogens with zero attached hydrogens (tertiary/aromatic N) is 6. The molecule has 2 saturated heterocycles. The molecule has 1 amide bonds. The van der Waals surface area contributed by atoms with Gasteiger partial charge in [0.15, 0.2) is 5.75 Å². The van der Waals surface area contributed by atoms with Crippen LogP contribution in [0.15, 0.2) is 99.6 Å². The average molecular weight is 910 g/mol. The quantitative estimate of drug-likeness (QED) is 0.0915. The normalized spacial score (nSPS) is 20.2. The summed E-state index contributed by atoms with van der Waals surface area (Å²) < 4.78 is 42.0. The zero-order valence-electron chi connectivity index (χ0n) is 36.1. The first-order valence-electron chi connectivity index (χ1n) is 22.0. The highest BCUT2D eigenvalue weighted by molar-refractivity contribution is 7.90. The lowest BCUT2D eigenvalue weighted by Crippen LogP contribution is -2.47. The van der Waals surface area contributed by atoms with Gasteiger partial charge < -0.3 is 19.7 Å². The average Bonchev–Trinajstić information content (AvgIpc) is 4.02. The molecule has 9 rings (SSSR count). The number of anilines is 2. The second kappa shape index (κ2) is 18.2. The van der Waals surface area contributed by atoms with Crippen molar-refractivity contribution in [2.45, 2.75) is 69.5 Å². The maximum Gasteiger partial charge on any atom is 0.293 e. The van der Waals surface area contributed by atoms with Crippen molar-refractivity contribution >= 4 is 55.9 Å². The largest absolute Gasteiger partial charge is 0.454 e. The molecule has 64 heavy (non-hydrogen) atoms. The van der Waals surface area contributed by atoms with E-state index in [1.165, 1.54) is 41.7 Å². The SMILES string of the molecule is CC1(C)CCC(CN2CCN(c3ccc(C(=O)NS(=O)(=O)c4ccc(NC[C@H]5CN(C6CC6)CCO5)c([N+](=O)[O-])c4)c(Oc4cccc5c4N=NC5)c3)CC2)=C(c2ccc(Cl)cc2)C1. The van der Waals surface area contributed by atoms with Gasteiger partial charge in [-0.25, -0.2) is 13.1 Å². The molecule has 0 bridgehead atoms. The molecule has 15 nitrogen and oxygen atoms in total. The standard InChI is InChI=1S/C47H53ClN8O7S/c1-47(2)17-16-33(40(26-47)31-6-8-34(48)9-7-31)29-53-18-20-54(21-19-53)36-12-14-39(44(24-36)63-43-5-3-4-32-27-50-51-45(32)43)46(57)52-64(60,61)38-13-15-41(42(25-38)56(58)59)49-28-37-30-55(22-23-62-37)35-10-11-35/h3-9,12-15,24-25,35,37,49H,10-11,16-23,26-30H2,1-2H3,(H,52,57)/t37-/m0/s1. The molecule has 3 heterocycles. The number of rotatable bonds is 14. The monoisotopic (exact) mass is 908 g/mol. The van der Waals surface area contributed by atoms with Crippen LogP contribution in [0.1, 0.15) is 67.4 Å². The lowest BCUT2D eigenvalue weighted by Gasteiger charge is -2.39. The van der Waals surface area contributed by atoms with E-state index in [0.717, 1.165) is 80.9 Å². The number of nitrogens with one attached hydrogen (secondary N) is 2. The van der Waals surface area contributed by atoms with E-state index < -0.39 is 31.4 Å². The van der Waals surface area contributed by atoms with E-state index in [9.17, 15) is 23.3 Å². The Hall–Kier alpha value is -5.39. The second-order valence-electron chi connectivity index (χ2n) is 18.1. The number of hydrogen-bond donors (Lipinski definition) is 2. The first-order valence-corrected chi connectivity index (χ1v) is 23.9. The molecule has 2 aliphatic carbocycles. The predicted molar refractivity (Wildman–Crippen MR) is 246 cm³/mol. The van der Waals surface area contributed by atoms with Crippen molar-refractivity contribution in [1.82, 2.24) is 14.5 Å². The van der Waals surface area contributed by atoms with E-state index in [1.54, 1.807) is 24.3 Å². The highest BCUT2D eigenvalue weighted by Crippen LogP contribution is 2.44. The Bertz CT molecular complexity index is 2610. The summed E-state index contributed by atoms with van der Waals surface area (Å²) in [5, 5.41) is 24.4. The third kappa shape index (κ3) is 9.96. The van der Waals surface area contributed by atoms with E-state index in [0.29, 0.717) is 43.7 Å². The van der Waals surface area contributed by atoms with Gasteiger partial charge in [-0.2, -0.15) is 10.2 Å². The maximum atomic E-state index is 14.0. The van der Waals surface area contributed by atoms with Gasteiger partial charge in [0, 0.05) is 86.8 Å². The number of piperazine rings is 1. The maximum absolute atomic E-state index is 14.0. The van der Waals surface area contributed by atoms with Crippen LogP contribution >= 0.6 is 11.6 Å². The Morgan fingerprint density at radius 1 is 1.00 bits per heavy atom. The summed E-state index contributed by atoms with van der Waals surface area (Å²) in [6, 6.07) is 22.8. The van der Waals surface area contributed by atoms with Crippen molar-refractivity contribution in [3.63, 3.8) is 0 Å². The molecular formula is C47H53ClN8O7S.